The average molecular weight is 258 g/mol. The summed E-state index contributed by atoms with van der Waals surface area (Å²) in [4.78, 5) is 3.91. The Morgan fingerprint density at radius 1 is 1.38 bits per heavy atom. The van der Waals surface area contributed by atoms with E-state index >= 15 is 0 Å². The Bertz CT molecular complexity index is 505. The van der Waals surface area contributed by atoms with Gasteiger partial charge in [-0.1, -0.05) is 11.3 Å². The van der Waals surface area contributed by atoms with E-state index in [1.807, 2.05) is 0 Å². The van der Waals surface area contributed by atoms with Gasteiger partial charge in [-0.3, -0.25) is 0 Å². The van der Waals surface area contributed by atoms with E-state index in [2.05, 4.69) is 9.72 Å². The third-order valence-electron chi connectivity index (χ3n) is 1.61. The quantitative estimate of drug-likeness (QED) is 0.726. The summed E-state index contributed by atoms with van der Waals surface area (Å²) in [5, 5.41) is 0.314. The van der Waals surface area contributed by atoms with Gasteiger partial charge in [-0.25, -0.2) is 4.98 Å². The number of hydrogen-bond acceptors (Lipinski definition) is 4. The Morgan fingerprint density at radius 2 is 2.06 bits per heavy atom. The van der Waals surface area contributed by atoms with Crippen molar-refractivity contribution in [2.75, 3.05) is 5.73 Å². The molecule has 0 spiro atoms. The van der Waals surface area contributed by atoms with Gasteiger partial charge in [-0.2, -0.15) is 0 Å². The Morgan fingerprint density at radius 3 is 2.69 bits per heavy atom. The topological polar surface area (TPSA) is 48.1 Å². The summed E-state index contributed by atoms with van der Waals surface area (Å²) in [5.41, 5.74) is 5.97. The Labute approximate surface area is 116 Å². The van der Waals surface area contributed by atoms with Gasteiger partial charge in [0.1, 0.15) is 5.75 Å². The van der Waals surface area contributed by atoms with Gasteiger partial charge in [0, 0.05) is 6.07 Å². The molecule has 0 aliphatic heterocycles. The minimum atomic E-state index is -4.68. The van der Waals surface area contributed by atoms with Gasteiger partial charge in [-0.05, 0) is 12.1 Å². The van der Waals surface area contributed by atoms with Crippen LogP contribution in [-0.4, -0.2) is 11.3 Å². The maximum atomic E-state index is 11.9. The van der Waals surface area contributed by atoms with Crippen molar-refractivity contribution in [3.05, 3.63) is 18.2 Å². The molecule has 1 heterocycles. The number of thiazole rings is 1. The van der Waals surface area contributed by atoms with Crippen LogP contribution in [0.3, 0.4) is 0 Å². The Hall–Kier alpha value is -0.500. The summed E-state index contributed by atoms with van der Waals surface area (Å²) in [6, 6.07) is 3.90. The number of anilines is 1. The maximum Gasteiger partial charge on any atom is 1.00 e. The fraction of sp³-hybridized carbons (Fsp3) is 0.125. The predicted octanol–water partition coefficient (Wildman–Crippen LogP) is -0.106. The van der Waals surface area contributed by atoms with E-state index in [1.54, 1.807) is 0 Å². The minimum Gasteiger partial charge on any atom is -1.00 e. The number of nitrogens with zero attached hydrogens (tertiary/aromatic N) is 1. The molecule has 0 unspecified atom stereocenters. The number of alkyl halides is 3. The molecular formula is C8H6F3N2NaOS. The first-order valence-corrected chi connectivity index (χ1v) is 4.67. The molecule has 8 heteroatoms. The van der Waals surface area contributed by atoms with Gasteiger partial charge in [0.15, 0.2) is 5.13 Å². The van der Waals surface area contributed by atoms with Crippen molar-refractivity contribution in [3.8, 4) is 5.75 Å². The van der Waals surface area contributed by atoms with Crippen molar-refractivity contribution < 1.29 is 48.9 Å². The zero-order valence-corrected chi connectivity index (χ0v) is 11.0. The molecule has 2 rings (SSSR count). The number of nitrogen functional groups attached to an aromatic ring is 1. The summed E-state index contributed by atoms with van der Waals surface area (Å²) < 4.78 is 40.0. The first-order valence-electron chi connectivity index (χ1n) is 3.86. The van der Waals surface area contributed by atoms with E-state index in [4.69, 9.17) is 5.73 Å². The summed E-state index contributed by atoms with van der Waals surface area (Å²) >= 11 is 1.11. The van der Waals surface area contributed by atoms with Crippen LogP contribution in [0.2, 0.25) is 0 Å². The Kier molecular flexibility index (Phi) is 4.06. The molecule has 0 aliphatic rings. The van der Waals surface area contributed by atoms with Gasteiger partial charge in [0.2, 0.25) is 0 Å². The van der Waals surface area contributed by atoms with Gasteiger partial charge >= 0.3 is 35.9 Å². The molecule has 0 saturated carbocycles. The number of ether oxygens (including phenoxy) is 1. The van der Waals surface area contributed by atoms with Crippen molar-refractivity contribution in [1.29, 1.82) is 0 Å². The van der Waals surface area contributed by atoms with Gasteiger partial charge < -0.3 is 11.9 Å². The summed E-state index contributed by atoms with van der Waals surface area (Å²) in [6.45, 7) is 0. The molecule has 2 aromatic rings. The first kappa shape index (κ1) is 13.6. The molecule has 0 aliphatic carbocycles. The zero-order chi connectivity index (χ0) is 11.1. The second-order valence-electron chi connectivity index (χ2n) is 2.73. The third kappa shape index (κ3) is 3.24. The molecule has 0 saturated heterocycles. The van der Waals surface area contributed by atoms with Crippen LogP contribution >= 0.6 is 11.3 Å². The molecular weight excluding hydrogens is 252 g/mol. The van der Waals surface area contributed by atoms with Crippen molar-refractivity contribution in [2.45, 2.75) is 6.36 Å². The first-order chi connectivity index (χ1) is 6.94. The molecule has 2 N–H and O–H groups in total. The van der Waals surface area contributed by atoms with Crippen LogP contribution < -0.4 is 40.0 Å². The van der Waals surface area contributed by atoms with Crippen molar-refractivity contribution >= 4 is 26.7 Å². The number of aromatic nitrogens is 1. The van der Waals surface area contributed by atoms with E-state index in [1.165, 1.54) is 18.2 Å². The summed E-state index contributed by atoms with van der Waals surface area (Å²) in [7, 11) is 0. The van der Waals surface area contributed by atoms with Crippen molar-refractivity contribution in [1.82, 2.24) is 4.98 Å². The SMILES string of the molecule is Nc1nc2ccc(OC(F)(F)F)cc2s1.[H-].[Na+]. The van der Waals surface area contributed by atoms with Crippen LogP contribution in [0.5, 0.6) is 5.75 Å². The standard InChI is InChI=1S/C8H5F3N2OS.Na.H/c9-8(10,11)14-4-1-2-5-6(3-4)15-7(12)13-5;;/h1-3H,(H2,12,13);;/q;+1;-1. The monoisotopic (exact) mass is 258 g/mol. The van der Waals surface area contributed by atoms with Crippen molar-refractivity contribution in [3.63, 3.8) is 0 Å². The smallest absolute Gasteiger partial charge is 1.00 e. The Balaban J connectivity index is 0.00000128. The van der Waals surface area contributed by atoms with E-state index in [0.717, 1.165) is 11.3 Å². The number of benzene rings is 1. The van der Waals surface area contributed by atoms with E-state index in [-0.39, 0.29) is 36.7 Å². The number of hydrogen-bond donors (Lipinski definition) is 1. The van der Waals surface area contributed by atoms with Crippen LogP contribution in [0.25, 0.3) is 10.2 Å². The number of fused-ring (bicyclic) bond motifs is 1. The molecule has 3 nitrogen and oxygen atoms in total. The molecule has 0 atom stereocenters. The van der Waals surface area contributed by atoms with Gasteiger partial charge in [0.25, 0.3) is 0 Å². The normalized spacial score (nSPS) is 11.2. The largest absolute Gasteiger partial charge is 1.00 e. The molecule has 0 radical (unpaired) electrons. The molecule has 0 fully saturated rings. The summed E-state index contributed by atoms with van der Waals surface area (Å²) in [6.07, 6.45) is -4.68. The van der Waals surface area contributed by atoms with E-state index in [9.17, 15) is 13.2 Å². The second-order valence-corrected chi connectivity index (χ2v) is 3.79. The van der Waals surface area contributed by atoms with Crippen LogP contribution in [0, 0.1) is 0 Å². The third-order valence-corrected chi connectivity index (χ3v) is 2.46. The predicted molar refractivity (Wildman–Crippen MR) is 51.8 cm³/mol. The van der Waals surface area contributed by atoms with Crippen LogP contribution in [-0.2, 0) is 0 Å². The fourth-order valence-corrected chi connectivity index (χ4v) is 1.88. The molecule has 82 valence electrons. The molecule has 1 aromatic heterocycles. The number of nitrogens with two attached hydrogens (primary N) is 1. The van der Waals surface area contributed by atoms with Crippen LogP contribution in [0.15, 0.2) is 18.2 Å². The van der Waals surface area contributed by atoms with Crippen molar-refractivity contribution in [2.24, 2.45) is 0 Å². The fourth-order valence-electron chi connectivity index (χ4n) is 1.12. The van der Waals surface area contributed by atoms with Crippen LogP contribution in [0.4, 0.5) is 18.3 Å². The zero-order valence-electron chi connectivity index (χ0n) is 9.21. The van der Waals surface area contributed by atoms with Gasteiger partial charge in [-0.15, -0.1) is 13.2 Å². The molecule has 1 aromatic carbocycles. The molecule has 0 bridgehead atoms. The van der Waals surface area contributed by atoms with Gasteiger partial charge in [0.05, 0.1) is 10.2 Å². The molecule has 16 heavy (non-hydrogen) atoms. The molecule has 0 amide bonds. The van der Waals surface area contributed by atoms with E-state index in [0.29, 0.717) is 15.3 Å². The summed E-state index contributed by atoms with van der Waals surface area (Å²) in [5.74, 6) is -0.265. The van der Waals surface area contributed by atoms with E-state index < -0.39 is 6.36 Å². The number of rotatable bonds is 1. The average Bonchev–Trinajstić information content (AvgIpc) is 2.40. The van der Waals surface area contributed by atoms with Crippen LogP contribution in [0.1, 0.15) is 1.43 Å². The second kappa shape index (κ2) is 4.79. The number of halogens is 3. The maximum absolute atomic E-state index is 11.9. The minimum absolute atomic E-state index is 0.